The molecule has 5 nitrogen and oxygen atoms in total. The maximum Gasteiger partial charge on any atom is 0.337 e. The lowest BCUT2D eigenvalue weighted by Gasteiger charge is -2.31. The summed E-state index contributed by atoms with van der Waals surface area (Å²) in [6.45, 7) is 14.6. The fraction of sp³-hybridized carbons (Fsp3) is 0.440. The third-order valence-electron chi connectivity index (χ3n) is 4.32. The number of dihydropyridines is 1. The molecule has 0 fully saturated rings. The van der Waals surface area contributed by atoms with Gasteiger partial charge in [-0.1, -0.05) is 42.5 Å². The normalized spacial score (nSPS) is 16.0. The molecule has 162 valence electrons. The number of allylic oxidation sites excluding steroid dienone is 3. The Morgan fingerprint density at radius 1 is 0.833 bits per heavy atom. The van der Waals surface area contributed by atoms with Gasteiger partial charge in [0.2, 0.25) is 0 Å². The molecule has 0 unspecified atom stereocenters. The van der Waals surface area contributed by atoms with Crippen molar-refractivity contribution in [1.82, 2.24) is 5.32 Å². The van der Waals surface area contributed by atoms with Crippen molar-refractivity contribution in [2.24, 2.45) is 5.92 Å². The molecule has 0 aromatic heterocycles. The lowest BCUT2D eigenvalue weighted by atomic mass is 9.84. The highest BCUT2D eigenvalue weighted by Crippen LogP contribution is 2.34. The second-order valence-electron chi connectivity index (χ2n) is 9.45. The second-order valence-corrected chi connectivity index (χ2v) is 9.45. The summed E-state index contributed by atoms with van der Waals surface area (Å²) in [5.41, 5.74) is 1.81. The summed E-state index contributed by atoms with van der Waals surface area (Å²) in [6.07, 6.45) is 3.77. The summed E-state index contributed by atoms with van der Waals surface area (Å²) in [7, 11) is 0. The van der Waals surface area contributed by atoms with Gasteiger partial charge < -0.3 is 14.8 Å². The van der Waals surface area contributed by atoms with E-state index in [0.717, 1.165) is 5.56 Å². The van der Waals surface area contributed by atoms with Gasteiger partial charge >= 0.3 is 11.9 Å². The van der Waals surface area contributed by atoms with E-state index in [1.54, 1.807) is 0 Å². The topological polar surface area (TPSA) is 64.6 Å². The van der Waals surface area contributed by atoms with Gasteiger partial charge in [0.15, 0.2) is 0 Å². The molecule has 1 aromatic carbocycles. The van der Waals surface area contributed by atoms with Crippen LogP contribution in [0.1, 0.15) is 61.0 Å². The first-order chi connectivity index (χ1) is 13.8. The Bertz CT molecular complexity index is 843. The molecule has 0 aliphatic carbocycles. The van der Waals surface area contributed by atoms with Gasteiger partial charge in [0.1, 0.15) is 11.2 Å². The molecular weight excluding hydrogens is 378 g/mol. The number of esters is 2. The highest BCUT2D eigenvalue weighted by Gasteiger charge is 2.37. The van der Waals surface area contributed by atoms with Crippen LogP contribution in [0.4, 0.5) is 0 Å². The quantitative estimate of drug-likeness (QED) is 0.694. The van der Waals surface area contributed by atoms with E-state index in [1.165, 1.54) is 0 Å². The Kier molecular flexibility index (Phi) is 6.96. The molecule has 1 N–H and O–H groups in total. The lowest BCUT2D eigenvalue weighted by molar-refractivity contribution is -0.151. The fourth-order valence-electron chi connectivity index (χ4n) is 3.22. The van der Waals surface area contributed by atoms with Crippen LogP contribution in [0.15, 0.2) is 58.9 Å². The van der Waals surface area contributed by atoms with Crippen molar-refractivity contribution in [3.63, 3.8) is 0 Å². The van der Waals surface area contributed by atoms with Crippen LogP contribution in [0.25, 0.3) is 6.08 Å². The van der Waals surface area contributed by atoms with Crippen molar-refractivity contribution >= 4 is 18.0 Å². The summed E-state index contributed by atoms with van der Waals surface area (Å²) in [5.74, 6) is -1.50. The minimum atomic E-state index is -0.652. The Balaban J connectivity index is 2.53. The van der Waals surface area contributed by atoms with E-state index in [4.69, 9.17) is 9.47 Å². The van der Waals surface area contributed by atoms with Crippen LogP contribution in [0, 0.1) is 5.92 Å². The summed E-state index contributed by atoms with van der Waals surface area (Å²) >= 11 is 0. The molecule has 1 aromatic rings. The van der Waals surface area contributed by atoms with Crippen LogP contribution < -0.4 is 5.32 Å². The number of carbonyl (C=O) groups excluding carboxylic acids is 2. The Labute approximate surface area is 179 Å². The predicted molar refractivity (Wildman–Crippen MR) is 119 cm³/mol. The summed E-state index contributed by atoms with van der Waals surface area (Å²) < 4.78 is 11.3. The molecule has 0 saturated carbocycles. The van der Waals surface area contributed by atoms with Gasteiger partial charge in [0.05, 0.1) is 11.1 Å². The molecule has 0 saturated heterocycles. The number of carbonyl (C=O) groups is 2. The second kappa shape index (κ2) is 8.90. The molecule has 0 atom stereocenters. The van der Waals surface area contributed by atoms with Crippen molar-refractivity contribution in [3.8, 4) is 0 Å². The van der Waals surface area contributed by atoms with E-state index >= 15 is 0 Å². The first-order valence-electron chi connectivity index (χ1n) is 10.2. The van der Waals surface area contributed by atoms with Crippen molar-refractivity contribution in [3.05, 3.63) is 64.5 Å². The zero-order valence-corrected chi connectivity index (χ0v) is 19.3. The largest absolute Gasteiger partial charge is 0.457 e. The molecule has 0 amide bonds. The van der Waals surface area contributed by atoms with Gasteiger partial charge in [-0.2, -0.15) is 0 Å². The SMILES string of the molecule is CC1=C(C(=O)OC(C)(C)C)C(/C=C/c2ccccc2)C(C(=O)OC(C)(C)C)=C(C)N1. The van der Waals surface area contributed by atoms with E-state index in [9.17, 15) is 9.59 Å². The molecular formula is C25H33NO4. The number of benzene rings is 1. The van der Waals surface area contributed by atoms with Crippen molar-refractivity contribution in [2.45, 2.75) is 66.6 Å². The molecule has 1 aliphatic rings. The number of nitrogens with one attached hydrogen (secondary N) is 1. The maximum atomic E-state index is 13.1. The van der Waals surface area contributed by atoms with Gasteiger partial charge in [-0.15, -0.1) is 0 Å². The molecule has 2 rings (SSSR count). The highest BCUT2D eigenvalue weighted by molar-refractivity contribution is 5.99. The smallest absolute Gasteiger partial charge is 0.337 e. The number of hydrogen-bond acceptors (Lipinski definition) is 5. The fourth-order valence-corrected chi connectivity index (χ4v) is 3.22. The van der Waals surface area contributed by atoms with Crippen LogP contribution in [-0.2, 0) is 19.1 Å². The third-order valence-corrected chi connectivity index (χ3v) is 4.32. The van der Waals surface area contributed by atoms with Crippen LogP contribution in [0.3, 0.4) is 0 Å². The molecule has 5 heteroatoms. The van der Waals surface area contributed by atoms with Crippen LogP contribution >= 0.6 is 0 Å². The van der Waals surface area contributed by atoms with Crippen molar-refractivity contribution < 1.29 is 19.1 Å². The lowest BCUT2D eigenvalue weighted by Crippen LogP contribution is -2.36. The number of rotatable bonds is 4. The van der Waals surface area contributed by atoms with Crippen molar-refractivity contribution in [1.29, 1.82) is 0 Å². The van der Waals surface area contributed by atoms with Gasteiger partial charge in [-0.25, -0.2) is 9.59 Å². The Morgan fingerprint density at radius 2 is 1.27 bits per heavy atom. The minimum absolute atomic E-state index is 0.406. The molecule has 0 radical (unpaired) electrons. The number of hydrogen-bond donors (Lipinski definition) is 1. The van der Waals surface area contributed by atoms with Gasteiger partial charge in [0.25, 0.3) is 0 Å². The zero-order chi connectivity index (χ0) is 22.7. The standard InChI is InChI=1S/C25H33NO4/c1-16-20(22(27)29-24(3,4)5)19(15-14-18-12-10-9-11-13-18)21(17(2)26-16)23(28)30-25(6,7)8/h9-15,19,26H,1-8H3/b15-14+. The van der Waals surface area contributed by atoms with Crippen LogP contribution in [0.5, 0.6) is 0 Å². The van der Waals surface area contributed by atoms with Gasteiger partial charge in [-0.05, 0) is 61.0 Å². The van der Waals surface area contributed by atoms with Gasteiger partial charge in [0, 0.05) is 17.3 Å². The Hall–Kier alpha value is -2.82. The van der Waals surface area contributed by atoms with E-state index < -0.39 is 29.1 Å². The molecule has 30 heavy (non-hydrogen) atoms. The molecule has 1 heterocycles. The van der Waals surface area contributed by atoms with Crippen LogP contribution in [-0.4, -0.2) is 23.1 Å². The zero-order valence-electron chi connectivity index (χ0n) is 19.3. The third kappa shape index (κ3) is 6.34. The molecule has 0 spiro atoms. The molecule has 0 bridgehead atoms. The maximum absolute atomic E-state index is 13.1. The van der Waals surface area contributed by atoms with E-state index in [0.29, 0.717) is 22.5 Å². The van der Waals surface area contributed by atoms with E-state index in [2.05, 4.69) is 5.32 Å². The average Bonchev–Trinajstić information content (AvgIpc) is 2.57. The van der Waals surface area contributed by atoms with E-state index in [1.807, 2.05) is 97.9 Å². The summed E-state index contributed by atoms with van der Waals surface area (Å²) in [4.78, 5) is 26.2. The average molecular weight is 412 g/mol. The summed E-state index contributed by atoms with van der Waals surface area (Å²) in [5, 5.41) is 3.16. The van der Waals surface area contributed by atoms with Crippen molar-refractivity contribution in [2.75, 3.05) is 0 Å². The minimum Gasteiger partial charge on any atom is -0.457 e. The van der Waals surface area contributed by atoms with Gasteiger partial charge in [-0.3, -0.25) is 0 Å². The predicted octanol–water partition coefficient (Wildman–Crippen LogP) is 5.15. The summed E-state index contributed by atoms with van der Waals surface area (Å²) in [6, 6.07) is 9.74. The Morgan fingerprint density at radius 3 is 1.67 bits per heavy atom. The number of ether oxygens (including phenoxy) is 2. The molecule has 1 aliphatic heterocycles. The first-order valence-corrected chi connectivity index (χ1v) is 10.2. The highest BCUT2D eigenvalue weighted by atomic mass is 16.6. The van der Waals surface area contributed by atoms with Crippen LogP contribution in [0.2, 0.25) is 0 Å². The van der Waals surface area contributed by atoms with E-state index in [-0.39, 0.29) is 0 Å². The monoisotopic (exact) mass is 411 g/mol. The first kappa shape index (κ1) is 23.5.